The number of halogens is 2. The normalized spacial score (nSPS) is 35.3. The van der Waals surface area contributed by atoms with Gasteiger partial charge in [0.25, 0.3) is 0 Å². The van der Waals surface area contributed by atoms with Gasteiger partial charge in [0.05, 0.1) is 8.95 Å². The zero-order chi connectivity index (χ0) is 13.9. The van der Waals surface area contributed by atoms with E-state index in [0.29, 0.717) is 17.2 Å². The predicted octanol–water partition coefficient (Wildman–Crippen LogP) is 4.26. The van der Waals surface area contributed by atoms with Gasteiger partial charge in [0.2, 0.25) is 0 Å². The second-order valence-corrected chi connectivity index (χ2v) is 8.23. The van der Waals surface area contributed by atoms with E-state index in [-0.39, 0.29) is 0 Å². The van der Waals surface area contributed by atoms with Crippen molar-refractivity contribution in [3.8, 4) is 5.75 Å². The molecule has 1 aromatic rings. The molecule has 0 radical (unpaired) electrons. The average molecular weight is 401 g/mol. The molecule has 0 spiro atoms. The Kier molecular flexibility index (Phi) is 3.21. The lowest BCUT2D eigenvalue weighted by molar-refractivity contribution is 0.0788. The summed E-state index contributed by atoms with van der Waals surface area (Å²) in [4.78, 5) is 0. The second kappa shape index (κ2) is 4.72. The lowest BCUT2D eigenvalue weighted by Gasteiger charge is -2.56. The molecule has 2 bridgehead atoms. The van der Waals surface area contributed by atoms with E-state index in [1.54, 1.807) is 0 Å². The van der Waals surface area contributed by atoms with Crippen molar-refractivity contribution < 1.29 is 5.11 Å². The monoisotopic (exact) mass is 399 g/mol. The molecule has 1 saturated carbocycles. The van der Waals surface area contributed by atoms with Crippen LogP contribution in [0.5, 0.6) is 5.75 Å². The van der Waals surface area contributed by atoms with E-state index < -0.39 is 0 Å². The summed E-state index contributed by atoms with van der Waals surface area (Å²) in [6.07, 6.45) is 7.61. The van der Waals surface area contributed by atoms with E-state index in [1.165, 1.54) is 43.2 Å². The van der Waals surface area contributed by atoms with E-state index in [2.05, 4.69) is 43.2 Å². The third-order valence-electron chi connectivity index (χ3n) is 5.77. The number of phenolic OH excluding ortho intramolecular Hbond substituents is 1. The highest BCUT2D eigenvalue weighted by atomic mass is 79.9. The highest BCUT2D eigenvalue weighted by molar-refractivity contribution is 9.11. The van der Waals surface area contributed by atoms with Crippen molar-refractivity contribution >= 4 is 31.9 Å². The van der Waals surface area contributed by atoms with Gasteiger partial charge in [0, 0.05) is 11.5 Å². The second-order valence-electron chi connectivity index (χ2n) is 6.58. The van der Waals surface area contributed by atoms with Crippen LogP contribution < -0.4 is 5.32 Å². The highest BCUT2D eigenvalue weighted by Gasteiger charge is 2.52. The van der Waals surface area contributed by atoms with Gasteiger partial charge in [0.1, 0.15) is 5.75 Å². The SMILES string of the molecule is Oc1c(Br)cc2c(c1Br)[C@]13CCCC[C@@H]1[C@H](C2)NCC3. The van der Waals surface area contributed by atoms with Crippen LogP contribution in [0.15, 0.2) is 15.0 Å². The molecule has 2 N–H and O–H groups in total. The molecule has 20 heavy (non-hydrogen) atoms. The van der Waals surface area contributed by atoms with Gasteiger partial charge >= 0.3 is 0 Å². The quantitative estimate of drug-likeness (QED) is 0.681. The summed E-state index contributed by atoms with van der Waals surface area (Å²) in [5.41, 5.74) is 3.12. The van der Waals surface area contributed by atoms with Crippen LogP contribution in [0.25, 0.3) is 0 Å². The Balaban J connectivity index is 1.97. The fourth-order valence-corrected chi connectivity index (χ4v) is 6.63. The van der Waals surface area contributed by atoms with Gasteiger partial charge in [-0.15, -0.1) is 0 Å². The molecule has 0 amide bonds. The summed E-state index contributed by atoms with van der Waals surface area (Å²) in [6.45, 7) is 1.11. The summed E-state index contributed by atoms with van der Waals surface area (Å²) in [5.74, 6) is 1.12. The van der Waals surface area contributed by atoms with E-state index in [1.807, 2.05) is 0 Å². The molecule has 4 heteroatoms. The first-order valence-electron chi connectivity index (χ1n) is 7.57. The summed E-state index contributed by atoms with van der Waals surface area (Å²) in [5, 5.41) is 14.1. The van der Waals surface area contributed by atoms with E-state index in [9.17, 15) is 5.11 Å². The minimum Gasteiger partial charge on any atom is -0.506 e. The van der Waals surface area contributed by atoms with Crippen molar-refractivity contribution in [3.05, 3.63) is 26.1 Å². The number of benzene rings is 1. The standard InChI is InChI=1S/C16H19Br2NO/c17-11-7-9-8-12-10-3-1-2-4-16(10,5-6-19-12)13(9)14(18)15(11)20/h7,10,12,19-20H,1-6,8H2/t10-,12+,16+/m1/s1. The maximum atomic E-state index is 10.3. The number of hydrogen-bond donors (Lipinski definition) is 2. The molecule has 1 aromatic carbocycles. The largest absolute Gasteiger partial charge is 0.506 e. The molecule has 0 unspecified atom stereocenters. The number of fused-ring (bicyclic) bond motifs is 1. The first-order chi connectivity index (χ1) is 9.63. The van der Waals surface area contributed by atoms with Crippen LogP contribution >= 0.6 is 31.9 Å². The minimum atomic E-state index is 0.290. The minimum absolute atomic E-state index is 0.290. The molecule has 4 rings (SSSR count). The molecule has 0 aromatic heterocycles. The maximum absolute atomic E-state index is 10.3. The van der Waals surface area contributed by atoms with Crippen molar-refractivity contribution in [2.24, 2.45) is 5.92 Å². The zero-order valence-corrected chi connectivity index (χ0v) is 14.6. The van der Waals surface area contributed by atoms with Gasteiger partial charge < -0.3 is 10.4 Å². The van der Waals surface area contributed by atoms with Crippen molar-refractivity contribution in [2.45, 2.75) is 50.0 Å². The Labute approximate surface area is 136 Å². The summed E-state index contributed by atoms with van der Waals surface area (Å²) in [7, 11) is 0. The smallest absolute Gasteiger partial charge is 0.144 e. The Bertz CT molecular complexity index is 570. The first-order valence-corrected chi connectivity index (χ1v) is 9.16. The molecule has 3 aliphatic rings. The number of piperidine rings is 1. The van der Waals surface area contributed by atoms with Crippen molar-refractivity contribution in [1.29, 1.82) is 0 Å². The van der Waals surface area contributed by atoms with Crippen LogP contribution in [0.1, 0.15) is 43.2 Å². The van der Waals surface area contributed by atoms with Crippen molar-refractivity contribution in [1.82, 2.24) is 5.32 Å². The van der Waals surface area contributed by atoms with Crippen LogP contribution in [-0.4, -0.2) is 17.7 Å². The molecule has 108 valence electrons. The number of hydrogen-bond acceptors (Lipinski definition) is 2. The number of phenols is 1. The van der Waals surface area contributed by atoms with Crippen LogP contribution in [0.3, 0.4) is 0 Å². The Morgan fingerprint density at radius 3 is 2.95 bits per heavy atom. The van der Waals surface area contributed by atoms with Gasteiger partial charge in [-0.3, -0.25) is 0 Å². The molecule has 2 fully saturated rings. The Morgan fingerprint density at radius 2 is 2.10 bits per heavy atom. The molecular weight excluding hydrogens is 382 g/mol. The predicted molar refractivity (Wildman–Crippen MR) is 87.3 cm³/mol. The fraction of sp³-hybridized carbons (Fsp3) is 0.625. The van der Waals surface area contributed by atoms with Crippen molar-refractivity contribution in [2.75, 3.05) is 6.54 Å². The highest BCUT2D eigenvalue weighted by Crippen LogP contribution is 2.57. The van der Waals surface area contributed by atoms with Gasteiger partial charge in [-0.25, -0.2) is 0 Å². The number of aromatic hydroxyl groups is 1. The van der Waals surface area contributed by atoms with Gasteiger partial charge in [-0.1, -0.05) is 12.8 Å². The van der Waals surface area contributed by atoms with E-state index in [4.69, 9.17) is 0 Å². The summed E-state index contributed by atoms with van der Waals surface area (Å²) < 4.78 is 1.75. The van der Waals surface area contributed by atoms with Crippen LogP contribution in [0.4, 0.5) is 0 Å². The number of nitrogens with one attached hydrogen (secondary N) is 1. The Morgan fingerprint density at radius 1 is 1.25 bits per heavy atom. The van der Waals surface area contributed by atoms with Gasteiger partial charge in [-0.2, -0.15) is 0 Å². The molecule has 2 aliphatic carbocycles. The lowest BCUT2D eigenvalue weighted by atomic mass is 9.53. The fourth-order valence-electron chi connectivity index (χ4n) is 5.03. The average Bonchev–Trinajstić information content (AvgIpc) is 2.44. The Hall–Kier alpha value is -0.0600. The van der Waals surface area contributed by atoms with Crippen LogP contribution in [0.2, 0.25) is 0 Å². The molecule has 1 saturated heterocycles. The van der Waals surface area contributed by atoms with Gasteiger partial charge in [0.15, 0.2) is 0 Å². The molecular formula is C16H19Br2NO. The molecule has 3 atom stereocenters. The van der Waals surface area contributed by atoms with Crippen molar-refractivity contribution in [3.63, 3.8) is 0 Å². The lowest BCUT2D eigenvalue weighted by Crippen LogP contribution is -2.59. The van der Waals surface area contributed by atoms with E-state index in [0.717, 1.165) is 27.8 Å². The van der Waals surface area contributed by atoms with Crippen LogP contribution in [0, 0.1) is 5.92 Å². The third-order valence-corrected chi connectivity index (χ3v) is 7.15. The summed E-state index contributed by atoms with van der Waals surface area (Å²) in [6, 6.07) is 2.77. The molecule has 1 heterocycles. The topological polar surface area (TPSA) is 32.3 Å². The molecule has 2 nitrogen and oxygen atoms in total. The third kappa shape index (κ3) is 1.71. The van der Waals surface area contributed by atoms with E-state index >= 15 is 0 Å². The zero-order valence-electron chi connectivity index (χ0n) is 11.4. The summed E-state index contributed by atoms with van der Waals surface area (Å²) >= 11 is 7.19. The first kappa shape index (κ1) is 13.6. The van der Waals surface area contributed by atoms with Crippen LogP contribution in [-0.2, 0) is 11.8 Å². The maximum Gasteiger partial charge on any atom is 0.144 e. The molecule has 1 aliphatic heterocycles. The number of rotatable bonds is 0. The van der Waals surface area contributed by atoms with Gasteiger partial charge in [-0.05, 0) is 87.2 Å².